The van der Waals surface area contributed by atoms with E-state index in [0.717, 1.165) is 0 Å². The van der Waals surface area contributed by atoms with Gasteiger partial charge in [-0.05, 0) is 60.9 Å². The van der Waals surface area contributed by atoms with E-state index >= 15 is 0 Å². The summed E-state index contributed by atoms with van der Waals surface area (Å²) in [4.78, 5) is 23.9. The molecule has 0 spiro atoms. The minimum Gasteiger partial charge on any atom is -0.477 e. The van der Waals surface area contributed by atoms with E-state index < -0.39 is 36.0 Å². The van der Waals surface area contributed by atoms with Gasteiger partial charge in [0.05, 0.1) is 16.9 Å². The number of ether oxygens (including phenoxy) is 1. The second-order valence-electron chi connectivity index (χ2n) is 9.44. The maximum Gasteiger partial charge on any atom is 0.492 e. The van der Waals surface area contributed by atoms with Gasteiger partial charge in [0.15, 0.2) is 5.69 Å². The van der Waals surface area contributed by atoms with Gasteiger partial charge >= 0.3 is 19.2 Å². The Balaban J connectivity index is 2.42. The number of aryl methyl sites for hydroxylation is 2. The van der Waals surface area contributed by atoms with E-state index in [1.54, 1.807) is 40.8 Å². The van der Waals surface area contributed by atoms with E-state index in [1.807, 2.05) is 27.7 Å². The predicted octanol–water partition coefficient (Wildman–Crippen LogP) is 2.97. The SMILES string of the molecule is Cc1nn(C)c(C(=O)O)c1C=C(CNC(=O)OC(C)(C)C)B1OC(C)(C)C(C)(C)O1. The Bertz CT molecular complexity index is 851. The van der Waals surface area contributed by atoms with Gasteiger partial charge in [0.2, 0.25) is 0 Å². The lowest BCUT2D eigenvalue weighted by atomic mass is 9.76. The molecular weight excluding hydrogens is 389 g/mol. The van der Waals surface area contributed by atoms with Crippen molar-refractivity contribution in [2.75, 3.05) is 6.54 Å². The van der Waals surface area contributed by atoms with Crippen LogP contribution in [0.25, 0.3) is 6.08 Å². The largest absolute Gasteiger partial charge is 0.492 e. The van der Waals surface area contributed by atoms with Crippen molar-refractivity contribution >= 4 is 25.3 Å². The minimum atomic E-state index is -1.10. The lowest BCUT2D eigenvalue weighted by Gasteiger charge is -2.32. The van der Waals surface area contributed by atoms with Crippen molar-refractivity contribution in [3.05, 3.63) is 22.4 Å². The van der Waals surface area contributed by atoms with Gasteiger partial charge in [-0.2, -0.15) is 5.10 Å². The average molecular weight is 421 g/mol. The third-order valence-corrected chi connectivity index (χ3v) is 5.19. The Hall–Kier alpha value is -2.33. The third kappa shape index (κ3) is 5.23. The zero-order valence-electron chi connectivity index (χ0n) is 19.2. The number of nitrogens with zero attached hydrogens (tertiary/aromatic N) is 2. The fourth-order valence-electron chi connectivity index (χ4n) is 2.97. The monoisotopic (exact) mass is 421 g/mol. The fourth-order valence-corrected chi connectivity index (χ4v) is 2.97. The van der Waals surface area contributed by atoms with Crippen LogP contribution in [0.5, 0.6) is 0 Å². The number of alkyl carbamates (subject to hydrolysis) is 1. The van der Waals surface area contributed by atoms with Crippen LogP contribution >= 0.6 is 0 Å². The number of carbonyl (C=O) groups excluding carboxylic acids is 1. The van der Waals surface area contributed by atoms with E-state index in [9.17, 15) is 14.7 Å². The van der Waals surface area contributed by atoms with Crippen LogP contribution in [0.4, 0.5) is 4.79 Å². The first-order valence-corrected chi connectivity index (χ1v) is 9.84. The second-order valence-corrected chi connectivity index (χ2v) is 9.44. The van der Waals surface area contributed by atoms with E-state index in [4.69, 9.17) is 14.0 Å². The summed E-state index contributed by atoms with van der Waals surface area (Å²) in [7, 11) is 0.799. The molecule has 1 aliphatic rings. The predicted molar refractivity (Wildman–Crippen MR) is 113 cm³/mol. The molecule has 0 aromatic carbocycles. The van der Waals surface area contributed by atoms with Gasteiger partial charge in [0, 0.05) is 19.2 Å². The number of aromatic carboxylic acids is 1. The number of aromatic nitrogens is 2. The van der Waals surface area contributed by atoms with Crippen molar-refractivity contribution in [1.82, 2.24) is 15.1 Å². The summed E-state index contributed by atoms with van der Waals surface area (Å²) in [5.41, 5.74) is -0.266. The summed E-state index contributed by atoms with van der Waals surface area (Å²) in [6.45, 7) is 14.8. The molecule has 0 aliphatic carbocycles. The Morgan fingerprint density at radius 3 is 2.23 bits per heavy atom. The average Bonchev–Trinajstić information content (AvgIpc) is 2.93. The molecule has 30 heavy (non-hydrogen) atoms. The first kappa shape index (κ1) is 23.9. The van der Waals surface area contributed by atoms with Crippen molar-refractivity contribution in [2.45, 2.75) is 72.2 Å². The summed E-state index contributed by atoms with van der Waals surface area (Å²) >= 11 is 0. The molecule has 10 heteroatoms. The molecule has 0 radical (unpaired) electrons. The lowest BCUT2D eigenvalue weighted by molar-refractivity contribution is 0.00578. The van der Waals surface area contributed by atoms with Gasteiger partial charge in [0.25, 0.3) is 0 Å². The minimum absolute atomic E-state index is 0.0405. The Kier molecular flexibility index (Phi) is 6.44. The van der Waals surface area contributed by atoms with Crippen LogP contribution in [-0.4, -0.2) is 57.4 Å². The normalized spacial score (nSPS) is 18.4. The molecule has 0 unspecified atom stereocenters. The van der Waals surface area contributed by atoms with E-state index in [-0.39, 0.29) is 12.2 Å². The standard InChI is InChI=1S/C20H32BN3O6/c1-12-14(15(16(25)26)24(9)23-12)10-13(11-22-17(27)28-18(2,3)4)21-29-19(5,6)20(7,8)30-21/h10H,11H2,1-9H3,(H,22,27)(H,25,26). The number of hydrogen-bond acceptors (Lipinski definition) is 6. The van der Waals surface area contributed by atoms with Crippen LogP contribution in [0, 0.1) is 6.92 Å². The lowest BCUT2D eigenvalue weighted by Crippen LogP contribution is -2.41. The summed E-state index contributed by atoms with van der Waals surface area (Å²) in [6.07, 6.45) is 1.07. The topological polar surface area (TPSA) is 112 Å². The first-order chi connectivity index (χ1) is 13.5. The molecule has 2 N–H and O–H groups in total. The van der Waals surface area contributed by atoms with Crippen molar-refractivity contribution in [2.24, 2.45) is 7.05 Å². The van der Waals surface area contributed by atoms with Crippen LogP contribution in [0.1, 0.15) is 70.2 Å². The highest BCUT2D eigenvalue weighted by atomic mass is 16.7. The van der Waals surface area contributed by atoms with Gasteiger partial charge < -0.3 is 24.5 Å². The Labute approximate surface area is 177 Å². The zero-order chi connectivity index (χ0) is 23.1. The van der Waals surface area contributed by atoms with Gasteiger partial charge in [-0.1, -0.05) is 6.08 Å². The second kappa shape index (κ2) is 8.07. The van der Waals surface area contributed by atoms with Crippen LogP contribution in [-0.2, 0) is 21.1 Å². The van der Waals surface area contributed by atoms with Gasteiger partial charge in [-0.3, -0.25) is 4.68 Å². The van der Waals surface area contributed by atoms with E-state index in [1.165, 1.54) is 4.68 Å². The maximum atomic E-state index is 12.2. The highest BCUT2D eigenvalue weighted by Crippen LogP contribution is 2.39. The number of carboxylic acids is 1. The number of rotatable bonds is 5. The highest BCUT2D eigenvalue weighted by Gasteiger charge is 2.52. The number of carboxylic acid groups (broad SMARTS) is 1. The quantitative estimate of drug-likeness (QED) is 0.703. The van der Waals surface area contributed by atoms with Crippen LogP contribution < -0.4 is 5.32 Å². The molecule has 1 fully saturated rings. The first-order valence-electron chi connectivity index (χ1n) is 9.84. The summed E-state index contributed by atoms with van der Waals surface area (Å²) in [5.74, 6) is -1.10. The van der Waals surface area contributed by atoms with E-state index in [0.29, 0.717) is 16.7 Å². The summed E-state index contributed by atoms with van der Waals surface area (Å²) in [5, 5.41) is 16.5. The van der Waals surface area contributed by atoms with Crippen LogP contribution in [0.15, 0.2) is 5.47 Å². The summed E-state index contributed by atoms with van der Waals surface area (Å²) < 4.78 is 18.9. The molecule has 0 atom stereocenters. The number of carbonyl (C=O) groups is 2. The van der Waals surface area contributed by atoms with Crippen molar-refractivity contribution in [1.29, 1.82) is 0 Å². The maximum absolute atomic E-state index is 12.2. The van der Waals surface area contributed by atoms with Crippen LogP contribution in [0.2, 0.25) is 0 Å². The van der Waals surface area contributed by atoms with Gasteiger partial charge in [-0.15, -0.1) is 0 Å². The molecule has 2 heterocycles. The fraction of sp³-hybridized carbons (Fsp3) is 0.650. The number of amides is 1. The molecule has 2 rings (SSSR count). The molecule has 1 amide bonds. The van der Waals surface area contributed by atoms with E-state index in [2.05, 4.69) is 10.4 Å². The third-order valence-electron chi connectivity index (χ3n) is 5.19. The van der Waals surface area contributed by atoms with Crippen LogP contribution in [0.3, 0.4) is 0 Å². The molecule has 166 valence electrons. The van der Waals surface area contributed by atoms with Crippen molar-refractivity contribution < 1.29 is 28.7 Å². The van der Waals surface area contributed by atoms with Crippen molar-refractivity contribution in [3.63, 3.8) is 0 Å². The van der Waals surface area contributed by atoms with Crippen molar-refractivity contribution in [3.8, 4) is 0 Å². The molecule has 9 nitrogen and oxygen atoms in total. The Morgan fingerprint density at radius 1 is 1.23 bits per heavy atom. The molecule has 1 saturated heterocycles. The van der Waals surface area contributed by atoms with Gasteiger partial charge in [-0.25, -0.2) is 9.59 Å². The summed E-state index contributed by atoms with van der Waals surface area (Å²) in [6, 6.07) is 0. The Morgan fingerprint density at radius 2 is 1.77 bits per heavy atom. The number of hydrogen-bond donors (Lipinski definition) is 2. The zero-order valence-corrected chi connectivity index (χ0v) is 19.2. The number of nitrogens with one attached hydrogen (secondary N) is 1. The molecule has 1 aromatic rings. The van der Waals surface area contributed by atoms with Gasteiger partial charge in [0.1, 0.15) is 5.60 Å². The molecule has 0 saturated carbocycles. The molecule has 0 bridgehead atoms. The molecular formula is C20H32BN3O6. The molecule has 1 aliphatic heterocycles. The smallest absolute Gasteiger partial charge is 0.477 e. The highest BCUT2D eigenvalue weighted by molar-refractivity contribution is 6.56. The molecule has 1 aromatic heterocycles.